The summed E-state index contributed by atoms with van der Waals surface area (Å²) in [4.78, 5) is 13.6. The summed E-state index contributed by atoms with van der Waals surface area (Å²) in [5.41, 5.74) is 0. The van der Waals surface area contributed by atoms with Crippen LogP contribution in [-0.2, 0) is 7.05 Å². The minimum Gasteiger partial charge on any atom is -0.471 e. The normalized spacial score (nSPS) is 10.1. The number of hydrogen-bond donors (Lipinski definition) is 1. The summed E-state index contributed by atoms with van der Waals surface area (Å²) < 4.78 is 6.69. The van der Waals surface area contributed by atoms with Gasteiger partial charge in [0.1, 0.15) is 6.61 Å². The van der Waals surface area contributed by atoms with Gasteiger partial charge in [-0.25, -0.2) is 0 Å². The van der Waals surface area contributed by atoms with Gasteiger partial charge in [0.2, 0.25) is 6.33 Å². The zero-order valence-electron chi connectivity index (χ0n) is 8.06. The minimum absolute atomic E-state index is 0.185. The van der Waals surface area contributed by atoms with Crippen LogP contribution in [0.1, 0.15) is 0 Å². The maximum atomic E-state index is 10.5. The average molecular weight is 200 g/mol. The average Bonchev–Trinajstić information content (AvgIpc) is 2.48. The molecule has 0 radical (unpaired) electrons. The number of rotatable bonds is 5. The molecule has 0 spiro atoms. The number of aryl methyl sites for hydroxylation is 1. The van der Waals surface area contributed by atoms with E-state index >= 15 is 0 Å². The molecule has 0 amide bonds. The molecule has 1 rings (SSSR count). The van der Waals surface area contributed by atoms with E-state index in [4.69, 9.17) is 4.74 Å². The highest BCUT2D eigenvalue weighted by Crippen LogP contribution is 2.23. The quantitative estimate of drug-likeness (QED) is 0.408. The summed E-state index contributed by atoms with van der Waals surface area (Å²) in [5.74, 6) is -0.0612. The lowest BCUT2D eigenvalue weighted by molar-refractivity contribution is -0.390. The molecule has 0 unspecified atom stereocenters. The number of hydrogen-bond acceptors (Lipinski definition) is 5. The van der Waals surface area contributed by atoms with E-state index in [-0.39, 0.29) is 11.7 Å². The predicted molar refractivity (Wildman–Crippen MR) is 49.3 cm³/mol. The van der Waals surface area contributed by atoms with Crippen LogP contribution in [0.2, 0.25) is 0 Å². The van der Waals surface area contributed by atoms with Crippen LogP contribution in [0, 0.1) is 10.1 Å². The van der Waals surface area contributed by atoms with Gasteiger partial charge in [0.15, 0.2) is 0 Å². The van der Waals surface area contributed by atoms with Crippen molar-refractivity contribution in [3.05, 3.63) is 16.4 Å². The Bertz CT molecular complexity index is 323. The van der Waals surface area contributed by atoms with Crippen molar-refractivity contribution in [3.8, 4) is 5.88 Å². The Labute approximate surface area is 80.8 Å². The first-order valence-electron chi connectivity index (χ1n) is 4.10. The molecule has 0 aromatic carbocycles. The summed E-state index contributed by atoms with van der Waals surface area (Å²) in [6.45, 7) is 0.999. The predicted octanol–water partition coefficient (Wildman–Crippen LogP) is -0.0735. The number of aromatic nitrogens is 2. The standard InChI is InChI=1S/C7H12N4O3/c1-8-3-4-14-7-6(11(12)13)9-5-10(7)2/h5,8H,3-4H2,1-2H3. The number of nitro groups is 1. The maximum Gasteiger partial charge on any atom is 0.426 e. The van der Waals surface area contributed by atoms with Crippen molar-refractivity contribution in [2.75, 3.05) is 20.2 Å². The summed E-state index contributed by atoms with van der Waals surface area (Å²) in [6, 6.07) is 0. The van der Waals surface area contributed by atoms with Crippen LogP contribution in [0.5, 0.6) is 5.88 Å². The third-order valence-electron chi connectivity index (χ3n) is 1.63. The first-order chi connectivity index (χ1) is 6.66. The van der Waals surface area contributed by atoms with E-state index < -0.39 is 4.92 Å². The Balaban J connectivity index is 2.72. The van der Waals surface area contributed by atoms with Gasteiger partial charge in [-0.3, -0.25) is 4.57 Å². The van der Waals surface area contributed by atoms with E-state index in [1.54, 1.807) is 14.1 Å². The van der Waals surface area contributed by atoms with Gasteiger partial charge in [-0.1, -0.05) is 0 Å². The lowest BCUT2D eigenvalue weighted by atomic mass is 10.6. The van der Waals surface area contributed by atoms with Crippen LogP contribution < -0.4 is 10.1 Å². The van der Waals surface area contributed by atoms with E-state index in [2.05, 4.69) is 10.3 Å². The second kappa shape index (κ2) is 4.56. The van der Waals surface area contributed by atoms with Gasteiger partial charge in [-0.2, -0.15) is 0 Å². The van der Waals surface area contributed by atoms with Gasteiger partial charge in [-0.05, 0) is 17.0 Å². The number of imidazole rings is 1. The van der Waals surface area contributed by atoms with Crippen molar-refractivity contribution in [1.29, 1.82) is 0 Å². The molecule has 0 saturated carbocycles. The Morgan fingerprint density at radius 2 is 2.50 bits per heavy atom. The van der Waals surface area contributed by atoms with E-state index in [9.17, 15) is 10.1 Å². The molecule has 1 N–H and O–H groups in total. The zero-order valence-corrected chi connectivity index (χ0v) is 8.06. The minimum atomic E-state index is -0.561. The van der Waals surface area contributed by atoms with Crippen LogP contribution in [0.25, 0.3) is 0 Å². The first kappa shape index (κ1) is 10.5. The highest BCUT2D eigenvalue weighted by atomic mass is 16.6. The van der Waals surface area contributed by atoms with Crippen molar-refractivity contribution in [1.82, 2.24) is 14.9 Å². The molecule has 7 heteroatoms. The molecule has 78 valence electrons. The van der Waals surface area contributed by atoms with E-state index in [0.29, 0.717) is 13.2 Å². The summed E-state index contributed by atoms with van der Waals surface area (Å²) in [6.07, 6.45) is 1.35. The number of nitrogens with zero attached hydrogens (tertiary/aromatic N) is 3. The molecular weight excluding hydrogens is 188 g/mol. The monoisotopic (exact) mass is 200 g/mol. The molecule has 0 saturated heterocycles. The maximum absolute atomic E-state index is 10.5. The Kier molecular flexibility index (Phi) is 3.41. The van der Waals surface area contributed by atoms with Gasteiger partial charge in [0.25, 0.3) is 5.88 Å². The molecule has 0 atom stereocenters. The first-order valence-corrected chi connectivity index (χ1v) is 4.10. The molecule has 0 aliphatic carbocycles. The number of likely N-dealkylation sites (N-methyl/N-ethyl adjacent to an activating group) is 1. The molecule has 7 nitrogen and oxygen atoms in total. The fourth-order valence-electron chi connectivity index (χ4n) is 0.948. The Morgan fingerprint density at radius 1 is 1.79 bits per heavy atom. The fraction of sp³-hybridized carbons (Fsp3) is 0.571. The van der Waals surface area contributed by atoms with Crippen molar-refractivity contribution in [3.63, 3.8) is 0 Å². The van der Waals surface area contributed by atoms with Gasteiger partial charge in [0.05, 0.1) is 0 Å². The SMILES string of the molecule is CNCCOc1c([N+](=O)[O-])ncn1C. The molecule has 0 bridgehead atoms. The molecule has 1 heterocycles. The molecule has 0 fully saturated rings. The number of ether oxygens (including phenoxy) is 1. The lowest BCUT2D eigenvalue weighted by Gasteiger charge is -2.04. The van der Waals surface area contributed by atoms with Gasteiger partial charge in [0, 0.05) is 13.6 Å². The summed E-state index contributed by atoms with van der Waals surface area (Å²) in [5, 5.41) is 13.4. The third-order valence-corrected chi connectivity index (χ3v) is 1.63. The zero-order chi connectivity index (χ0) is 10.6. The Morgan fingerprint density at radius 3 is 3.07 bits per heavy atom. The topological polar surface area (TPSA) is 82.2 Å². The molecular formula is C7H12N4O3. The Hall–Kier alpha value is -1.63. The largest absolute Gasteiger partial charge is 0.471 e. The molecule has 14 heavy (non-hydrogen) atoms. The van der Waals surface area contributed by atoms with Crippen LogP contribution >= 0.6 is 0 Å². The lowest BCUT2D eigenvalue weighted by Crippen LogP contribution is -2.17. The fourth-order valence-corrected chi connectivity index (χ4v) is 0.948. The van der Waals surface area contributed by atoms with Crippen molar-refractivity contribution in [2.24, 2.45) is 7.05 Å². The third kappa shape index (κ3) is 2.19. The van der Waals surface area contributed by atoms with Gasteiger partial charge >= 0.3 is 5.82 Å². The van der Waals surface area contributed by atoms with E-state index in [1.165, 1.54) is 10.9 Å². The number of nitrogens with one attached hydrogen (secondary N) is 1. The highest BCUT2D eigenvalue weighted by molar-refractivity contribution is 5.33. The molecule has 0 aliphatic rings. The summed E-state index contributed by atoms with van der Waals surface area (Å²) in [7, 11) is 3.43. The molecule has 0 aliphatic heterocycles. The van der Waals surface area contributed by atoms with Crippen molar-refractivity contribution in [2.45, 2.75) is 0 Å². The van der Waals surface area contributed by atoms with Crippen molar-refractivity contribution < 1.29 is 9.66 Å². The summed E-state index contributed by atoms with van der Waals surface area (Å²) >= 11 is 0. The van der Waals surface area contributed by atoms with Crippen LogP contribution in [-0.4, -0.2) is 34.7 Å². The molecule has 1 aromatic heterocycles. The molecule has 1 aromatic rings. The van der Waals surface area contributed by atoms with Gasteiger partial charge < -0.3 is 20.2 Å². The van der Waals surface area contributed by atoms with Crippen LogP contribution in [0.4, 0.5) is 5.82 Å². The smallest absolute Gasteiger partial charge is 0.426 e. The second-order valence-electron chi connectivity index (χ2n) is 2.69. The second-order valence-corrected chi connectivity index (χ2v) is 2.69. The highest BCUT2D eigenvalue weighted by Gasteiger charge is 2.21. The van der Waals surface area contributed by atoms with Gasteiger partial charge in [-0.15, -0.1) is 0 Å². The van der Waals surface area contributed by atoms with Crippen molar-refractivity contribution >= 4 is 5.82 Å². The van der Waals surface area contributed by atoms with Crippen LogP contribution in [0.15, 0.2) is 6.33 Å². The van der Waals surface area contributed by atoms with E-state index in [1.807, 2.05) is 0 Å². The van der Waals surface area contributed by atoms with Crippen LogP contribution in [0.3, 0.4) is 0 Å². The van der Waals surface area contributed by atoms with E-state index in [0.717, 1.165) is 0 Å².